The fourth-order valence-corrected chi connectivity index (χ4v) is 3.06. The molecule has 1 heterocycles. The second-order valence-electron chi connectivity index (χ2n) is 5.92. The van der Waals surface area contributed by atoms with Crippen molar-refractivity contribution in [2.24, 2.45) is 5.92 Å². The number of aliphatic hydroxyl groups is 1. The Morgan fingerprint density at radius 1 is 1.44 bits per heavy atom. The molecule has 0 radical (unpaired) electrons. The van der Waals surface area contributed by atoms with Gasteiger partial charge in [0.15, 0.2) is 0 Å². The number of ether oxygens (including phenoxy) is 1. The van der Waals surface area contributed by atoms with Crippen molar-refractivity contribution >= 4 is 5.78 Å². The van der Waals surface area contributed by atoms with Crippen molar-refractivity contribution in [2.45, 2.75) is 44.1 Å². The monoisotopic (exact) mass is 255 g/mol. The molecule has 0 aromatic heterocycles. The topological polar surface area (TPSA) is 49.8 Å². The highest BCUT2D eigenvalue weighted by atomic mass is 16.5. The van der Waals surface area contributed by atoms with Gasteiger partial charge in [0.25, 0.3) is 0 Å². The fraction of sp³-hybridized carbons (Fsp3) is 0.929. The molecular formula is C14H25NO3. The zero-order chi connectivity index (χ0) is 13.0. The molecule has 0 aromatic rings. The first-order valence-corrected chi connectivity index (χ1v) is 7.10. The summed E-state index contributed by atoms with van der Waals surface area (Å²) in [5, 5.41) is 10.4. The Morgan fingerprint density at radius 2 is 2.17 bits per heavy atom. The van der Waals surface area contributed by atoms with E-state index < -0.39 is 5.60 Å². The van der Waals surface area contributed by atoms with Crippen LogP contribution in [0.4, 0.5) is 0 Å². The van der Waals surface area contributed by atoms with E-state index in [-0.39, 0.29) is 5.92 Å². The number of Topliss-reactive ketones (excluding diaryl/α,β-unsaturated/α-hetero) is 1. The number of ketones is 1. The summed E-state index contributed by atoms with van der Waals surface area (Å²) in [4.78, 5) is 13.7. The molecule has 1 N–H and O–H groups in total. The quantitative estimate of drug-likeness (QED) is 0.802. The largest absolute Gasteiger partial charge is 0.388 e. The summed E-state index contributed by atoms with van der Waals surface area (Å²) >= 11 is 0. The minimum absolute atomic E-state index is 0.275. The molecule has 1 aliphatic carbocycles. The van der Waals surface area contributed by atoms with Gasteiger partial charge in [-0.1, -0.05) is 0 Å². The van der Waals surface area contributed by atoms with Gasteiger partial charge in [0.2, 0.25) is 0 Å². The highest BCUT2D eigenvalue weighted by Crippen LogP contribution is 2.25. The van der Waals surface area contributed by atoms with Crippen LogP contribution >= 0.6 is 0 Å². The number of hydrogen-bond acceptors (Lipinski definition) is 4. The summed E-state index contributed by atoms with van der Waals surface area (Å²) in [7, 11) is 2.03. The smallest absolute Gasteiger partial charge is 0.136 e. The van der Waals surface area contributed by atoms with Gasteiger partial charge < -0.3 is 14.7 Å². The second-order valence-corrected chi connectivity index (χ2v) is 5.92. The van der Waals surface area contributed by atoms with Crippen molar-refractivity contribution in [3.63, 3.8) is 0 Å². The number of carbonyl (C=O) groups is 1. The Morgan fingerprint density at radius 3 is 2.78 bits per heavy atom. The zero-order valence-corrected chi connectivity index (χ0v) is 11.4. The van der Waals surface area contributed by atoms with Crippen LogP contribution in [0.15, 0.2) is 0 Å². The van der Waals surface area contributed by atoms with Crippen LogP contribution in [0.2, 0.25) is 0 Å². The van der Waals surface area contributed by atoms with Crippen molar-refractivity contribution < 1.29 is 14.6 Å². The predicted molar refractivity (Wildman–Crippen MR) is 69.5 cm³/mol. The lowest BCUT2D eigenvalue weighted by molar-refractivity contribution is -0.120. The number of hydrogen-bond donors (Lipinski definition) is 1. The molecule has 4 nitrogen and oxygen atoms in total. The molecule has 1 saturated carbocycles. The van der Waals surface area contributed by atoms with Gasteiger partial charge in [-0.25, -0.2) is 0 Å². The molecule has 1 unspecified atom stereocenters. The Kier molecular flexibility index (Phi) is 4.76. The summed E-state index contributed by atoms with van der Waals surface area (Å²) in [6.07, 6.45) is 5.29. The van der Waals surface area contributed by atoms with Crippen molar-refractivity contribution in [2.75, 3.05) is 33.4 Å². The lowest BCUT2D eigenvalue weighted by Gasteiger charge is -2.35. The molecule has 4 heteroatoms. The Balaban J connectivity index is 1.71. The maximum Gasteiger partial charge on any atom is 0.136 e. The molecular weight excluding hydrogens is 230 g/mol. The van der Waals surface area contributed by atoms with E-state index in [1.54, 1.807) is 0 Å². The van der Waals surface area contributed by atoms with E-state index in [0.717, 1.165) is 45.1 Å². The summed E-state index contributed by atoms with van der Waals surface area (Å²) in [6, 6.07) is 0. The minimum atomic E-state index is -0.591. The molecule has 104 valence electrons. The predicted octanol–water partition coefficient (Wildman–Crippen LogP) is 1.22. The highest BCUT2D eigenvalue weighted by Gasteiger charge is 2.31. The van der Waals surface area contributed by atoms with Gasteiger partial charge >= 0.3 is 0 Å². The third kappa shape index (κ3) is 3.77. The first-order valence-electron chi connectivity index (χ1n) is 7.10. The van der Waals surface area contributed by atoms with E-state index >= 15 is 0 Å². The SMILES string of the molecule is CN(CCC1CCCC1=O)CC1(O)CCOCC1. The number of carbonyl (C=O) groups excluding carboxylic acids is 1. The molecule has 0 aromatic carbocycles. The molecule has 1 atom stereocenters. The van der Waals surface area contributed by atoms with Crippen LogP contribution in [0.25, 0.3) is 0 Å². The van der Waals surface area contributed by atoms with Gasteiger partial charge in [0.1, 0.15) is 5.78 Å². The molecule has 1 aliphatic heterocycles. The lowest BCUT2D eigenvalue weighted by atomic mass is 9.93. The van der Waals surface area contributed by atoms with E-state index in [4.69, 9.17) is 4.74 Å². The van der Waals surface area contributed by atoms with Gasteiger partial charge in [-0.05, 0) is 32.9 Å². The number of rotatable bonds is 5. The molecule has 0 amide bonds. The molecule has 0 spiro atoms. The maximum absolute atomic E-state index is 11.6. The first kappa shape index (κ1) is 14.0. The van der Waals surface area contributed by atoms with E-state index in [9.17, 15) is 9.90 Å². The number of nitrogens with zero attached hydrogens (tertiary/aromatic N) is 1. The summed E-state index contributed by atoms with van der Waals surface area (Å²) in [5.74, 6) is 0.713. The normalized spacial score (nSPS) is 27.9. The molecule has 2 aliphatic rings. The zero-order valence-electron chi connectivity index (χ0n) is 11.4. The molecule has 1 saturated heterocycles. The van der Waals surface area contributed by atoms with Crippen LogP contribution < -0.4 is 0 Å². The van der Waals surface area contributed by atoms with Crippen molar-refractivity contribution in [1.29, 1.82) is 0 Å². The van der Waals surface area contributed by atoms with Gasteiger partial charge in [-0.2, -0.15) is 0 Å². The maximum atomic E-state index is 11.6. The molecule has 2 rings (SSSR count). The summed E-state index contributed by atoms with van der Waals surface area (Å²) < 4.78 is 5.28. The van der Waals surface area contributed by atoms with E-state index in [0.29, 0.717) is 25.5 Å². The van der Waals surface area contributed by atoms with Crippen molar-refractivity contribution in [3.8, 4) is 0 Å². The van der Waals surface area contributed by atoms with Gasteiger partial charge in [0.05, 0.1) is 5.60 Å². The van der Waals surface area contributed by atoms with Gasteiger partial charge in [-0.15, -0.1) is 0 Å². The lowest BCUT2D eigenvalue weighted by Crippen LogP contribution is -2.46. The molecule has 0 bridgehead atoms. The Labute approximate surface area is 109 Å². The van der Waals surface area contributed by atoms with Gasteiger partial charge in [-0.3, -0.25) is 4.79 Å². The highest BCUT2D eigenvalue weighted by molar-refractivity contribution is 5.82. The average Bonchev–Trinajstić information content (AvgIpc) is 2.72. The second kappa shape index (κ2) is 6.13. The summed E-state index contributed by atoms with van der Waals surface area (Å²) in [6.45, 7) is 2.91. The van der Waals surface area contributed by atoms with Crippen molar-refractivity contribution in [1.82, 2.24) is 4.90 Å². The van der Waals surface area contributed by atoms with E-state index in [2.05, 4.69) is 4.90 Å². The van der Waals surface area contributed by atoms with Crippen LogP contribution in [-0.4, -0.2) is 54.7 Å². The van der Waals surface area contributed by atoms with Crippen LogP contribution in [0.1, 0.15) is 38.5 Å². The standard InChI is InChI=1S/C14H25NO3/c1-15(8-5-12-3-2-4-13(12)16)11-14(17)6-9-18-10-7-14/h12,17H,2-11H2,1H3. The summed E-state index contributed by atoms with van der Waals surface area (Å²) in [5.41, 5.74) is -0.591. The minimum Gasteiger partial charge on any atom is -0.388 e. The Hall–Kier alpha value is -0.450. The van der Waals surface area contributed by atoms with Crippen LogP contribution in [0.5, 0.6) is 0 Å². The average molecular weight is 255 g/mol. The van der Waals surface area contributed by atoms with Gasteiger partial charge in [0, 0.05) is 44.9 Å². The van der Waals surface area contributed by atoms with Crippen LogP contribution in [0.3, 0.4) is 0 Å². The molecule has 2 fully saturated rings. The van der Waals surface area contributed by atoms with E-state index in [1.165, 1.54) is 0 Å². The third-order valence-electron chi connectivity index (χ3n) is 4.28. The van der Waals surface area contributed by atoms with E-state index in [1.807, 2.05) is 7.05 Å². The van der Waals surface area contributed by atoms with Crippen molar-refractivity contribution in [3.05, 3.63) is 0 Å². The molecule has 18 heavy (non-hydrogen) atoms. The Bertz CT molecular complexity index is 287. The fourth-order valence-electron chi connectivity index (χ4n) is 3.06. The third-order valence-corrected chi connectivity index (χ3v) is 4.28. The first-order chi connectivity index (χ1) is 8.59. The number of likely N-dealkylation sites (N-methyl/N-ethyl adjacent to an activating group) is 1. The van der Waals surface area contributed by atoms with Crippen LogP contribution in [0, 0.1) is 5.92 Å². The van der Waals surface area contributed by atoms with Crippen LogP contribution in [-0.2, 0) is 9.53 Å².